The summed E-state index contributed by atoms with van der Waals surface area (Å²) >= 11 is 1.87. The third-order valence-corrected chi connectivity index (χ3v) is 3.94. The third kappa shape index (κ3) is 3.39. The minimum Gasteiger partial charge on any atom is -0.336 e. The Morgan fingerprint density at radius 2 is 2.00 bits per heavy atom. The van der Waals surface area contributed by atoms with E-state index in [1.165, 1.54) is 10.5 Å². The Morgan fingerprint density at radius 1 is 1.26 bits per heavy atom. The van der Waals surface area contributed by atoms with Crippen molar-refractivity contribution in [2.24, 2.45) is 7.05 Å². The zero-order chi connectivity index (χ0) is 13.7. The van der Waals surface area contributed by atoms with E-state index in [0.29, 0.717) is 0 Å². The Morgan fingerprint density at radius 3 is 2.53 bits per heavy atom. The van der Waals surface area contributed by atoms with Crippen LogP contribution in [0.1, 0.15) is 31.3 Å². The summed E-state index contributed by atoms with van der Waals surface area (Å²) < 4.78 is 2.07. The molecule has 0 fully saturated rings. The highest BCUT2D eigenvalue weighted by molar-refractivity contribution is 7.99. The van der Waals surface area contributed by atoms with Crippen LogP contribution in [0.2, 0.25) is 0 Å². The highest BCUT2D eigenvalue weighted by atomic mass is 32.2. The summed E-state index contributed by atoms with van der Waals surface area (Å²) in [6.07, 6.45) is 3.84. The van der Waals surface area contributed by atoms with Crippen molar-refractivity contribution >= 4 is 11.8 Å². The van der Waals surface area contributed by atoms with E-state index in [1.54, 1.807) is 0 Å². The molecule has 0 aliphatic heterocycles. The monoisotopic (exact) mass is 275 g/mol. The summed E-state index contributed by atoms with van der Waals surface area (Å²) in [6.45, 7) is 5.22. The van der Waals surface area contributed by atoms with Gasteiger partial charge in [-0.2, -0.15) is 0 Å². The van der Waals surface area contributed by atoms with Crippen molar-refractivity contribution in [2.45, 2.75) is 24.8 Å². The maximum Gasteiger partial charge on any atom is 0.130 e. The van der Waals surface area contributed by atoms with Crippen LogP contribution in [0, 0.1) is 0 Å². The van der Waals surface area contributed by atoms with Crippen LogP contribution in [-0.2, 0) is 7.05 Å². The highest BCUT2D eigenvalue weighted by Crippen LogP contribution is 2.24. The van der Waals surface area contributed by atoms with E-state index >= 15 is 0 Å². The number of aryl methyl sites for hydroxylation is 1. The van der Waals surface area contributed by atoms with Gasteiger partial charge in [0.15, 0.2) is 0 Å². The lowest BCUT2D eigenvalue weighted by atomic mass is 10.1. The van der Waals surface area contributed by atoms with Crippen LogP contribution in [0.25, 0.3) is 0 Å². The second kappa shape index (κ2) is 6.78. The van der Waals surface area contributed by atoms with Gasteiger partial charge in [0, 0.05) is 24.3 Å². The molecule has 1 atom stereocenters. The van der Waals surface area contributed by atoms with Crippen LogP contribution in [-0.4, -0.2) is 21.8 Å². The van der Waals surface area contributed by atoms with Gasteiger partial charge in [-0.05, 0) is 30.0 Å². The van der Waals surface area contributed by atoms with Gasteiger partial charge in [0.05, 0.1) is 6.04 Å². The first kappa shape index (κ1) is 14.2. The van der Waals surface area contributed by atoms with Crippen molar-refractivity contribution in [1.82, 2.24) is 14.9 Å². The fourth-order valence-corrected chi connectivity index (χ4v) is 2.80. The van der Waals surface area contributed by atoms with Gasteiger partial charge in [0.1, 0.15) is 5.82 Å². The topological polar surface area (TPSA) is 29.9 Å². The van der Waals surface area contributed by atoms with Gasteiger partial charge in [-0.15, -0.1) is 11.8 Å². The number of benzene rings is 1. The Bertz CT molecular complexity index is 504. The molecular formula is C15H21N3S. The van der Waals surface area contributed by atoms with Crippen molar-refractivity contribution in [1.29, 1.82) is 0 Å². The zero-order valence-electron chi connectivity index (χ0n) is 11.8. The maximum absolute atomic E-state index is 4.47. The molecule has 1 N–H and O–H groups in total. The molecule has 1 heterocycles. The van der Waals surface area contributed by atoms with Gasteiger partial charge in [0.25, 0.3) is 0 Å². The lowest BCUT2D eigenvalue weighted by Crippen LogP contribution is -2.24. The summed E-state index contributed by atoms with van der Waals surface area (Å²) in [5, 5.41) is 3.50. The molecule has 0 saturated heterocycles. The van der Waals surface area contributed by atoms with E-state index in [9.17, 15) is 0 Å². The van der Waals surface area contributed by atoms with Crippen LogP contribution >= 0.6 is 11.8 Å². The molecule has 19 heavy (non-hydrogen) atoms. The number of nitrogens with zero attached hydrogens (tertiary/aromatic N) is 2. The molecule has 0 spiro atoms. The number of hydrogen-bond acceptors (Lipinski definition) is 3. The first-order chi connectivity index (χ1) is 9.26. The van der Waals surface area contributed by atoms with Crippen LogP contribution in [0.15, 0.2) is 41.6 Å². The van der Waals surface area contributed by atoms with Gasteiger partial charge < -0.3 is 9.88 Å². The maximum atomic E-state index is 4.47. The molecule has 4 heteroatoms. The van der Waals surface area contributed by atoms with Crippen molar-refractivity contribution in [3.05, 3.63) is 48.0 Å². The molecule has 0 saturated carbocycles. The van der Waals surface area contributed by atoms with E-state index in [1.807, 2.05) is 31.2 Å². The van der Waals surface area contributed by atoms with E-state index in [4.69, 9.17) is 0 Å². The SMILES string of the molecule is CCNC(c1ccc(SCC)cc1)c1nccn1C. The van der Waals surface area contributed by atoms with Gasteiger partial charge >= 0.3 is 0 Å². The lowest BCUT2D eigenvalue weighted by molar-refractivity contribution is 0.577. The molecule has 1 aromatic heterocycles. The van der Waals surface area contributed by atoms with Crippen LogP contribution < -0.4 is 5.32 Å². The van der Waals surface area contributed by atoms with Crippen molar-refractivity contribution in [2.75, 3.05) is 12.3 Å². The van der Waals surface area contributed by atoms with Gasteiger partial charge in [-0.25, -0.2) is 4.98 Å². The number of thioether (sulfide) groups is 1. The number of nitrogens with one attached hydrogen (secondary N) is 1. The first-order valence-corrected chi connectivity index (χ1v) is 7.68. The molecule has 102 valence electrons. The van der Waals surface area contributed by atoms with Gasteiger partial charge in [-0.3, -0.25) is 0 Å². The molecule has 1 unspecified atom stereocenters. The normalized spacial score (nSPS) is 12.6. The van der Waals surface area contributed by atoms with Crippen LogP contribution in [0.4, 0.5) is 0 Å². The van der Waals surface area contributed by atoms with E-state index in [2.05, 4.69) is 53.0 Å². The fourth-order valence-electron chi connectivity index (χ4n) is 2.14. The van der Waals surface area contributed by atoms with Crippen molar-refractivity contribution in [3.63, 3.8) is 0 Å². The number of rotatable bonds is 6. The molecule has 0 bridgehead atoms. The smallest absolute Gasteiger partial charge is 0.130 e. The third-order valence-electron chi connectivity index (χ3n) is 3.05. The quantitative estimate of drug-likeness (QED) is 0.821. The van der Waals surface area contributed by atoms with Crippen LogP contribution in [0.5, 0.6) is 0 Å². The summed E-state index contributed by atoms with van der Waals surface area (Å²) in [6, 6.07) is 8.93. The zero-order valence-corrected chi connectivity index (χ0v) is 12.6. The highest BCUT2D eigenvalue weighted by Gasteiger charge is 2.16. The van der Waals surface area contributed by atoms with E-state index in [0.717, 1.165) is 18.1 Å². The molecule has 3 nitrogen and oxygen atoms in total. The average molecular weight is 275 g/mol. The second-order valence-electron chi connectivity index (χ2n) is 4.39. The molecule has 1 aromatic carbocycles. The van der Waals surface area contributed by atoms with Gasteiger partial charge in [0.2, 0.25) is 0 Å². The average Bonchev–Trinajstić information content (AvgIpc) is 2.84. The summed E-state index contributed by atoms with van der Waals surface area (Å²) in [4.78, 5) is 5.79. The summed E-state index contributed by atoms with van der Waals surface area (Å²) in [5.41, 5.74) is 1.26. The predicted octanol–water partition coefficient (Wildman–Crippen LogP) is 3.23. The first-order valence-electron chi connectivity index (χ1n) is 6.69. The second-order valence-corrected chi connectivity index (χ2v) is 5.73. The Balaban J connectivity index is 2.26. The fraction of sp³-hybridized carbons (Fsp3) is 0.400. The summed E-state index contributed by atoms with van der Waals surface area (Å²) in [7, 11) is 2.04. The standard InChI is InChI=1S/C15H21N3S/c1-4-16-14(15-17-10-11-18(15)3)12-6-8-13(9-7-12)19-5-2/h6-11,14,16H,4-5H2,1-3H3. The van der Waals surface area contributed by atoms with E-state index < -0.39 is 0 Å². The molecular weight excluding hydrogens is 254 g/mol. The molecule has 2 aromatic rings. The molecule has 0 radical (unpaired) electrons. The Hall–Kier alpha value is -1.26. The largest absolute Gasteiger partial charge is 0.336 e. The molecule has 0 aliphatic carbocycles. The van der Waals surface area contributed by atoms with Crippen molar-refractivity contribution < 1.29 is 0 Å². The summed E-state index contributed by atoms with van der Waals surface area (Å²) in [5.74, 6) is 2.16. The number of aromatic nitrogens is 2. The Labute approximate surface area is 119 Å². The molecule has 0 amide bonds. The van der Waals surface area contributed by atoms with Gasteiger partial charge in [-0.1, -0.05) is 26.0 Å². The number of hydrogen-bond donors (Lipinski definition) is 1. The van der Waals surface area contributed by atoms with E-state index in [-0.39, 0.29) is 6.04 Å². The Kier molecular flexibility index (Phi) is 5.05. The lowest BCUT2D eigenvalue weighted by Gasteiger charge is -2.18. The minimum absolute atomic E-state index is 0.158. The molecule has 2 rings (SSSR count). The van der Waals surface area contributed by atoms with Crippen molar-refractivity contribution in [3.8, 4) is 0 Å². The van der Waals surface area contributed by atoms with Crippen LogP contribution in [0.3, 0.4) is 0 Å². The predicted molar refractivity (Wildman–Crippen MR) is 81.6 cm³/mol. The minimum atomic E-state index is 0.158. The molecule has 0 aliphatic rings. The number of imidazole rings is 1.